The second kappa shape index (κ2) is 7.04. The molecule has 2 aliphatic heterocycles. The van der Waals surface area contributed by atoms with Crippen LogP contribution in [0.3, 0.4) is 0 Å². The van der Waals surface area contributed by atoms with Gasteiger partial charge in [-0.2, -0.15) is 0 Å². The summed E-state index contributed by atoms with van der Waals surface area (Å²) in [6, 6.07) is 14.3. The van der Waals surface area contributed by atoms with E-state index in [-0.39, 0.29) is 12.5 Å². The van der Waals surface area contributed by atoms with Crippen molar-refractivity contribution in [3.8, 4) is 0 Å². The highest BCUT2D eigenvalue weighted by atomic mass is 35.5. The van der Waals surface area contributed by atoms with E-state index in [9.17, 15) is 14.4 Å². The minimum absolute atomic E-state index is 0.213. The van der Waals surface area contributed by atoms with Gasteiger partial charge < -0.3 is 9.80 Å². The number of hydrogen-bond donors (Lipinski definition) is 0. The molecule has 2 aromatic rings. The third-order valence-corrected chi connectivity index (χ3v) is 5.21. The molecule has 0 radical (unpaired) electrons. The van der Waals surface area contributed by atoms with E-state index in [1.165, 1.54) is 0 Å². The summed E-state index contributed by atoms with van der Waals surface area (Å²) >= 11 is 6.04. The average Bonchev–Trinajstić information content (AvgIpc) is 2.93. The van der Waals surface area contributed by atoms with Crippen LogP contribution in [0, 0.1) is 0 Å². The molecule has 1 fully saturated rings. The Bertz CT molecular complexity index is 887. The van der Waals surface area contributed by atoms with Gasteiger partial charge in [0, 0.05) is 36.9 Å². The van der Waals surface area contributed by atoms with E-state index in [4.69, 9.17) is 11.6 Å². The summed E-state index contributed by atoms with van der Waals surface area (Å²) in [7, 11) is 0. The predicted octanol–water partition coefficient (Wildman–Crippen LogP) is 2.28. The maximum Gasteiger partial charge on any atom is 0.262 e. The molecule has 3 amide bonds. The largest absolute Gasteiger partial charge is 0.368 e. The zero-order valence-corrected chi connectivity index (χ0v) is 15.4. The van der Waals surface area contributed by atoms with Gasteiger partial charge in [0.05, 0.1) is 11.1 Å². The number of benzene rings is 2. The van der Waals surface area contributed by atoms with Crippen LogP contribution in [0.4, 0.5) is 5.69 Å². The Kier molecular flexibility index (Phi) is 4.58. The molecule has 138 valence electrons. The van der Waals surface area contributed by atoms with Gasteiger partial charge in [-0.3, -0.25) is 19.3 Å². The second-order valence-electron chi connectivity index (χ2n) is 6.59. The molecule has 0 saturated carbocycles. The van der Waals surface area contributed by atoms with Gasteiger partial charge in [0.25, 0.3) is 11.8 Å². The van der Waals surface area contributed by atoms with Crippen molar-refractivity contribution in [1.82, 2.24) is 9.80 Å². The van der Waals surface area contributed by atoms with Crippen molar-refractivity contribution < 1.29 is 14.4 Å². The first-order valence-electron chi connectivity index (χ1n) is 8.78. The monoisotopic (exact) mass is 383 g/mol. The van der Waals surface area contributed by atoms with Crippen LogP contribution < -0.4 is 4.90 Å². The van der Waals surface area contributed by atoms with Crippen molar-refractivity contribution in [3.63, 3.8) is 0 Å². The summed E-state index contributed by atoms with van der Waals surface area (Å²) in [5.74, 6) is -1.02. The van der Waals surface area contributed by atoms with Crippen molar-refractivity contribution in [3.05, 3.63) is 64.7 Å². The van der Waals surface area contributed by atoms with Crippen LogP contribution in [0.1, 0.15) is 20.7 Å². The molecule has 2 aliphatic rings. The Balaban J connectivity index is 1.38. The van der Waals surface area contributed by atoms with Crippen LogP contribution in [0.15, 0.2) is 48.5 Å². The number of nitrogens with zero attached hydrogens (tertiary/aromatic N) is 3. The van der Waals surface area contributed by atoms with Gasteiger partial charge in [0.1, 0.15) is 6.54 Å². The molecule has 0 unspecified atom stereocenters. The maximum atomic E-state index is 12.6. The summed E-state index contributed by atoms with van der Waals surface area (Å²) in [6.07, 6.45) is 0. The molecule has 1 saturated heterocycles. The highest BCUT2D eigenvalue weighted by molar-refractivity contribution is 6.30. The number of hydrogen-bond acceptors (Lipinski definition) is 4. The molecule has 2 heterocycles. The first kappa shape index (κ1) is 17.5. The van der Waals surface area contributed by atoms with Crippen LogP contribution in [0.2, 0.25) is 5.02 Å². The van der Waals surface area contributed by atoms with E-state index in [1.807, 2.05) is 24.3 Å². The summed E-state index contributed by atoms with van der Waals surface area (Å²) in [5.41, 5.74) is 1.75. The number of carbonyl (C=O) groups excluding carboxylic acids is 3. The molecule has 0 N–H and O–H groups in total. The van der Waals surface area contributed by atoms with Crippen LogP contribution in [-0.2, 0) is 4.79 Å². The number of rotatable bonds is 3. The van der Waals surface area contributed by atoms with Gasteiger partial charge in [-0.1, -0.05) is 29.8 Å². The number of imide groups is 1. The zero-order chi connectivity index (χ0) is 19.0. The number of halogens is 1. The fourth-order valence-electron chi connectivity index (χ4n) is 3.50. The summed E-state index contributed by atoms with van der Waals surface area (Å²) in [5, 5.41) is 0.677. The van der Waals surface area contributed by atoms with E-state index in [0.717, 1.165) is 10.6 Å². The fraction of sp³-hybridized carbons (Fsp3) is 0.250. The van der Waals surface area contributed by atoms with Crippen molar-refractivity contribution >= 4 is 35.0 Å². The lowest BCUT2D eigenvalue weighted by atomic mass is 10.1. The third-order valence-electron chi connectivity index (χ3n) is 4.98. The van der Waals surface area contributed by atoms with Gasteiger partial charge in [-0.15, -0.1) is 0 Å². The van der Waals surface area contributed by atoms with Crippen LogP contribution in [0.25, 0.3) is 0 Å². The molecule has 0 aromatic heterocycles. The first-order valence-corrected chi connectivity index (χ1v) is 9.16. The lowest BCUT2D eigenvalue weighted by molar-refractivity contribution is -0.131. The smallest absolute Gasteiger partial charge is 0.262 e. The van der Waals surface area contributed by atoms with Crippen molar-refractivity contribution in [2.24, 2.45) is 0 Å². The van der Waals surface area contributed by atoms with E-state index in [0.29, 0.717) is 42.3 Å². The Morgan fingerprint density at radius 1 is 0.889 bits per heavy atom. The summed E-state index contributed by atoms with van der Waals surface area (Å²) in [4.78, 5) is 42.4. The Morgan fingerprint density at radius 2 is 1.52 bits per heavy atom. The third kappa shape index (κ3) is 3.28. The fourth-order valence-corrected chi connectivity index (χ4v) is 3.69. The van der Waals surface area contributed by atoms with Gasteiger partial charge >= 0.3 is 0 Å². The van der Waals surface area contributed by atoms with E-state index < -0.39 is 11.8 Å². The molecular formula is C20H18ClN3O3. The molecule has 0 atom stereocenters. The highest BCUT2D eigenvalue weighted by Gasteiger charge is 2.37. The number of piperazine rings is 1. The summed E-state index contributed by atoms with van der Waals surface area (Å²) < 4.78 is 0. The molecule has 4 rings (SSSR count). The van der Waals surface area contributed by atoms with Gasteiger partial charge in [-0.25, -0.2) is 0 Å². The zero-order valence-electron chi connectivity index (χ0n) is 14.6. The molecule has 27 heavy (non-hydrogen) atoms. The number of amides is 3. The molecule has 6 nitrogen and oxygen atoms in total. The molecule has 0 aliphatic carbocycles. The van der Waals surface area contributed by atoms with Crippen LogP contribution >= 0.6 is 11.6 Å². The minimum atomic E-state index is -0.401. The number of carbonyl (C=O) groups is 3. The second-order valence-corrected chi connectivity index (χ2v) is 7.03. The van der Waals surface area contributed by atoms with Crippen molar-refractivity contribution in [2.45, 2.75) is 0 Å². The Labute approximate surface area is 161 Å². The van der Waals surface area contributed by atoms with Gasteiger partial charge in [0.2, 0.25) is 5.91 Å². The standard InChI is InChI=1S/C20H18ClN3O3/c21-14-4-3-5-15(12-14)22-8-10-23(11-9-22)18(25)13-24-19(26)16-6-1-2-7-17(16)20(24)27/h1-7,12H,8-11,13H2. The van der Waals surface area contributed by atoms with Crippen LogP contribution in [0.5, 0.6) is 0 Å². The first-order chi connectivity index (χ1) is 13.0. The molecular weight excluding hydrogens is 366 g/mol. The van der Waals surface area contributed by atoms with E-state index >= 15 is 0 Å². The SMILES string of the molecule is O=C(CN1C(=O)c2ccccc2C1=O)N1CCN(c2cccc(Cl)c2)CC1. The van der Waals surface area contributed by atoms with Gasteiger partial charge in [0.15, 0.2) is 0 Å². The summed E-state index contributed by atoms with van der Waals surface area (Å²) in [6.45, 7) is 2.20. The number of fused-ring (bicyclic) bond motifs is 1. The van der Waals surface area contributed by atoms with Gasteiger partial charge in [-0.05, 0) is 30.3 Å². The lowest BCUT2D eigenvalue weighted by Crippen LogP contribution is -2.51. The van der Waals surface area contributed by atoms with E-state index in [2.05, 4.69) is 4.90 Å². The number of anilines is 1. The normalized spacial score (nSPS) is 16.7. The highest BCUT2D eigenvalue weighted by Crippen LogP contribution is 2.23. The van der Waals surface area contributed by atoms with Crippen LogP contribution in [-0.4, -0.2) is 60.2 Å². The predicted molar refractivity (Wildman–Crippen MR) is 102 cm³/mol. The minimum Gasteiger partial charge on any atom is -0.368 e. The van der Waals surface area contributed by atoms with E-state index in [1.54, 1.807) is 29.2 Å². The van der Waals surface area contributed by atoms with Crippen molar-refractivity contribution in [1.29, 1.82) is 0 Å². The molecule has 7 heteroatoms. The molecule has 2 aromatic carbocycles. The Hall–Kier alpha value is -2.86. The quantitative estimate of drug-likeness (QED) is 0.763. The van der Waals surface area contributed by atoms with Crippen molar-refractivity contribution in [2.75, 3.05) is 37.6 Å². The topological polar surface area (TPSA) is 60.9 Å². The lowest BCUT2D eigenvalue weighted by Gasteiger charge is -2.36. The molecule has 0 bridgehead atoms. The average molecular weight is 384 g/mol. The Morgan fingerprint density at radius 3 is 2.11 bits per heavy atom. The maximum absolute atomic E-state index is 12.6. The molecule has 0 spiro atoms.